The molecule has 8 nitrogen and oxygen atoms in total. The molecule has 0 aliphatic carbocycles. The highest BCUT2D eigenvalue weighted by molar-refractivity contribution is 7.89. The number of nitrogens with zero attached hydrogens (tertiary/aromatic N) is 2. The van der Waals surface area contributed by atoms with Gasteiger partial charge in [0.15, 0.2) is 6.61 Å². The summed E-state index contributed by atoms with van der Waals surface area (Å²) in [7, 11) is -3.98. The van der Waals surface area contributed by atoms with Gasteiger partial charge in [-0.05, 0) is 49.6 Å². The number of amides is 1. The van der Waals surface area contributed by atoms with Gasteiger partial charge in [-0.1, -0.05) is 29.8 Å². The molecule has 1 aliphatic heterocycles. The van der Waals surface area contributed by atoms with E-state index in [0.29, 0.717) is 24.2 Å². The van der Waals surface area contributed by atoms with Crippen molar-refractivity contribution < 1.29 is 22.7 Å². The minimum absolute atomic E-state index is 0.0490. The van der Waals surface area contributed by atoms with Gasteiger partial charge < -0.3 is 9.64 Å². The second kappa shape index (κ2) is 9.81. The molecule has 1 fully saturated rings. The van der Waals surface area contributed by atoms with Crippen LogP contribution in [0.5, 0.6) is 0 Å². The number of sulfonamides is 1. The van der Waals surface area contributed by atoms with Crippen LogP contribution in [0.2, 0.25) is 0 Å². The molecule has 1 heterocycles. The van der Waals surface area contributed by atoms with Gasteiger partial charge in [0.05, 0.1) is 10.5 Å². The summed E-state index contributed by atoms with van der Waals surface area (Å²) in [6.45, 7) is 8.39. The molecule has 0 unspecified atom stereocenters. The Morgan fingerprint density at radius 3 is 2.34 bits per heavy atom. The third-order valence-corrected chi connectivity index (χ3v) is 6.74. The van der Waals surface area contributed by atoms with Gasteiger partial charge >= 0.3 is 5.97 Å². The smallest absolute Gasteiger partial charge is 0.338 e. The molecule has 0 saturated carbocycles. The van der Waals surface area contributed by atoms with Crippen molar-refractivity contribution in [1.29, 1.82) is 0 Å². The van der Waals surface area contributed by atoms with E-state index in [2.05, 4.69) is 30.0 Å². The van der Waals surface area contributed by atoms with Crippen molar-refractivity contribution in [3.8, 4) is 0 Å². The Morgan fingerprint density at radius 2 is 1.72 bits per heavy atom. The zero-order valence-corrected chi connectivity index (χ0v) is 19.4. The average molecular weight is 460 g/mol. The Labute approximate surface area is 189 Å². The van der Waals surface area contributed by atoms with Crippen LogP contribution in [0.1, 0.15) is 32.6 Å². The molecular formula is C23H29N3O5S. The minimum Gasteiger partial charge on any atom is -0.452 e. The SMILES string of the molecule is Cc1cccc(CN2CCN(C(=O)COC(=O)c3cc(C)c(C)c(S(N)(=O)=O)c3)CC2)c1. The quantitative estimate of drug-likeness (QED) is 0.659. The van der Waals surface area contributed by atoms with Crippen molar-refractivity contribution in [2.24, 2.45) is 5.14 Å². The zero-order chi connectivity index (χ0) is 23.5. The molecule has 0 spiro atoms. The number of aryl methyl sites for hydroxylation is 2. The molecule has 1 amide bonds. The number of piperazine rings is 1. The van der Waals surface area contributed by atoms with Crippen LogP contribution in [0.3, 0.4) is 0 Å². The van der Waals surface area contributed by atoms with Gasteiger partial charge in [-0.3, -0.25) is 9.69 Å². The molecular weight excluding hydrogens is 430 g/mol. The highest BCUT2D eigenvalue weighted by atomic mass is 32.2. The lowest BCUT2D eigenvalue weighted by Gasteiger charge is -2.34. The maximum absolute atomic E-state index is 12.5. The molecule has 3 rings (SSSR count). The number of nitrogens with two attached hydrogens (primary N) is 1. The molecule has 2 N–H and O–H groups in total. The minimum atomic E-state index is -3.98. The predicted molar refractivity (Wildman–Crippen MR) is 121 cm³/mol. The molecule has 0 aromatic heterocycles. The number of carbonyl (C=O) groups excluding carboxylic acids is 2. The normalized spacial score (nSPS) is 14.9. The number of benzene rings is 2. The fraction of sp³-hybridized carbons (Fsp3) is 0.391. The number of hydrogen-bond acceptors (Lipinski definition) is 6. The number of esters is 1. The van der Waals surface area contributed by atoms with Gasteiger partial charge in [0.1, 0.15) is 0 Å². The highest BCUT2D eigenvalue weighted by Gasteiger charge is 2.23. The van der Waals surface area contributed by atoms with E-state index < -0.39 is 22.6 Å². The topological polar surface area (TPSA) is 110 Å². The van der Waals surface area contributed by atoms with Crippen LogP contribution in [-0.2, 0) is 26.1 Å². The Morgan fingerprint density at radius 1 is 1.03 bits per heavy atom. The molecule has 0 atom stereocenters. The van der Waals surface area contributed by atoms with Gasteiger partial charge in [0.25, 0.3) is 5.91 Å². The Hall–Kier alpha value is -2.75. The van der Waals surface area contributed by atoms with Crippen LogP contribution in [0.4, 0.5) is 0 Å². The summed E-state index contributed by atoms with van der Waals surface area (Å²) in [5, 5.41) is 5.24. The highest BCUT2D eigenvalue weighted by Crippen LogP contribution is 2.20. The third kappa shape index (κ3) is 5.93. The molecule has 2 aromatic carbocycles. The Bertz CT molecular complexity index is 1120. The first-order chi connectivity index (χ1) is 15.0. The molecule has 1 saturated heterocycles. The van der Waals surface area contributed by atoms with Gasteiger partial charge in [-0.2, -0.15) is 0 Å². The number of hydrogen-bond donors (Lipinski definition) is 1. The second-order valence-corrected chi connectivity index (χ2v) is 9.71. The van der Waals surface area contributed by atoms with Crippen LogP contribution in [0.15, 0.2) is 41.3 Å². The number of carbonyl (C=O) groups is 2. The Kier molecular flexibility index (Phi) is 7.33. The summed E-state index contributed by atoms with van der Waals surface area (Å²) < 4.78 is 28.7. The van der Waals surface area contributed by atoms with E-state index >= 15 is 0 Å². The lowest BCUT2D eigenvalue weighted by molar-refractivity contribution is -0.136. The molecule has 32 heavy (non-hydrogen) atoms. The zero-order valence-electron chi connectivity index (χ0n) is 18.6. The first-order valence-electron chi connectivity index (χ1n) is 10.4. The van der Waals surface area contributed by atoms with E-state index in [4.69, 9.17) is 9.88 Å². The van der Waals surface area contributed by atoms with Crippen LogP contribution in [-0.4, -0.2) is 62.9 Å². The summed E-state index contributed by atoms with van der Waals surface area (Å²) in [5.74, 6) is -1.03. The van der Waals surface area contributed by atoms with E-state index in [1.54, 1.807) is 18.7 Å². The molecule has 1 aliphatic rings. The van der Waals surface area contributed by atoms with Crippen molar-refractivity contribution in [2.45, 2.75) is 32.2 Å². The van der Waals surface area contributed by atoms with Crippen LogP contribution >= 0.6 is 0 Å². The standard InChI is InChI=1S/C23H29N3O5S/c1-16-5-4-6-19(11-16)14-25-7-9-26(10-8-25)22(27)15-31-23(28)20-12-17(2)18(3)21(13-20)32(24,29)30/h4-6,11-13H,7-10,14-15H2,1-3H3,(H2,24,29,30). The number of rotatable bonds is 6. The Balaban J connectivity index is 1.53. The lowest BCUT2D eigenvalue weighted by atomic mass is 10.1. The summed E-state index contributed by atoms with van der Waals surface area (Å²) in [4.78, 5) is 28.8. The lowest BCUT2D eigenvalue weighted by Crippen LogP contribution is -2.49. The maximum Gasteiger partial charge on any atom is 0.338 e. The van der Waals surface area contributed by atoms with E-state index in [-0.39, 0.29) is 16.4 Å². The van der Waals surface area contributed by atoms with Crippen LogP contribution in [0.25, 0.3) is 0 Å². The van der Waals surface area contributed by atoms with E-state index in [1.165, 1.54) is 23.3 Å². The predicted octanol–water partition coefficient (Wildman–Crippen LogP) is 1.76. The first-order valence-corrected chi connectivity index (χ1v) is 12.0. The average Bonchev–Trinajstić information content (AvgIpc) is 2.73. The van der Waals surface area contributed by atoms with Gasteiger partial charge in [0, 0.05) is 32.7 Å². The summed E-state index contributed by atoms with van der Waals surface area (Å²) in [5.41, 5.74) is 3.58. The first kappa shape index (κ1) is 23.9. The molecule has 2 aromatic rings. The van der Waals surface area contributed by atoms with Gasteiger partial charge in [-0.15, -0.1) is 0 Å². The van der Waals surface area contributed by atoms with Crippen LogP contribution in [0, 0.1) is 20.8 Å². The fourth-order valence-electron chi connectivity index (χ4n) is 3.77. The van der Waals surface area contributed by atoms with Crippen molar-refractivity contribution in [2.75, 3.05) is 32.8 Å². The maximum atomic E-state index is 12.5. The monoisotopic (exact) mass is 459 g/mol. The molecule has 172 valence electrons. The molecule has 0 radical (unpaired) electrons. The third-order valence-electron chi connectivity index (χ3n) is 5.70. The summed E-state index contributed by atoms with van der Waals surface area (Å²) >= 11 is 0. The van der Waals surface area contributed by atoms with Crippen molar-refractivity contribution in [3.63, 3.8) is 0 Å². The van der Waals surface area contributed by atoms with Crippen molar-refractivity contribution >= 4 is 21.9 Å². The van der Waals surface area contributed by atoms with Gasteiger partial charge in [-0.25, -0.2) is 18.4 Å². The van der Waals surface area contributed by atoms with Crippen molar-refractivity contribution in [1.82, 2.24) is 9.80 Å². The number of primary sulfonamides is 1. The molecule has 0 bridgehead atoms. The van der Waals surface area contributed by atoms with Gasteiger partial charge in [0.2, 0.25) is 10.0 Å². The van der Waals surface area contributed by atoms with E-state index in [9.17, 15) is 18.0 Å². The van der Waals surface area contributed by atoms with E-state index in [1.807, 2.05) is 6.07 Å². The van der Waals surface area contributed by atoms with Crippen molar-refractivity contribution in [3.05, 3.63) is 64.2 Å². The number of ether oxygens (including phenoxy) is 1. The summed E-state index contributed by atoms with van der Waals surface area (Å²) in [6.07, 6.45) is 0. The van der Waals surface area contributed by atoms with Crippen LogP contribution < -0.4 is 5.14 Å². The summed E-state index contributed by atoms with van der Waals surface area (Å²) in [6, 6.07) is 11.1. The second-order valence-electron chi connectivity index (χ2n) is 8.18. The fourth-order valence-corrected chi connectivity index (χ4v) is 4.65. The largest absolute Gasteiger partial charge is 0.452 e. The molecule has 9 heteroatoms. The van der Waals surface area contributed by atoms with E-state index in [0.717, 1.165) is 19.6 Å².